The number of aliphatic hydroxyl groups excluding tert-OH is 1. The van der Waals surface area contributed by atoms with Gasteiger partial charge < -0.3 is 5.11 Å². The zero-order valence-electron chi connectivity index (χ0n) is 5.08. The first-order valence-electron chi connectivity index (χ1n) is 2.68. The smallest absolute Gasteiger partial charge is 0.0708 e. The second-order valence-corrected chi connectivity index (χ2v) is 2.67. The van der Waals surface area contributed by atoms with Gasteiger partial charge in [0.1, 0.15) is 0 Å². The van der Waals surface area contributed by atoms with E-state index in [1.54, 1.807) is 6.20 Å². The van der Waals surface area contributed by atoms with Gasteiger partial charge >= 0.3 is 0 Å². The maximum absolute atomic E-state index is 8.74. The molecule has 0 saturated heterocycles. The SMILES string of the molecule is OCc1c(S)cncc1Cl. The average molecular weight is 176 g/mol. The van der Waals surface area contributed by atoms with Crippen molar-refractivity contribution in [2.75, 3.05) is 0 Å². The summed E-state index contributed by atoms with van der Waals surface area (Å²) in [5.41, 5.74) is 0.625. The summed E-state index contributed by atoms with van der Waals surface area (Å²) in [6.45, 7) is -0.0970. The number of thiol groups is 1. The minimum absolute atomic E-state index is 0.0970. The van der Waals surface area contributed by atoms with E-state index in [0.717, 1.165) is 0 Å². The monoisotopic (exact) mass is 175 g/mol. The van der Waals surface area contributed by atoms with Crippen LogP contribution < -0.4 is 0 Å². The van der Waals surface area contributed by atoms with E-state index in [4.69, 9.17) is 16.7 Å². The molecule has 10 heavy (non-hydrogen) atoms. The van der Waals surface area contributed by atoms with Crippen molar-refractivity contribution < 1.29 is 5.11 Å². The molecule has 0 atom stereocenters. The Labute approximate surface area is 69.3 Å². The number of hydrogen-bond acceptors (Lipinski definition) is 3. The average Bonchev–Trinajstić information content (AvgIpc) is 1.88. The lowest BCUT2D eigenvalue weighted by Crippen LogP contribution is -1.88. The molecule has 0 aromatic carbocycles. The Bertz CT molecular complexity index is 221. The number of nitrogens with zero attached hydrogens (tertiary/aromatic N) is 1. The lowest BCUT2D eigenvalue weighted by molar-refractivity contribution is 0.279. The molecule has 0 spiro atoms. The molecule has 0 aliphatic rings. The quantitative estimate of drug-likeness (QED) is 0.635. The normalized spacial score (nSPS) is 9.90. The third kappa shape index (κ3) is 1.42. The molecule has 1 rings (SSSR count). The molecule has 1 heterocycles. The molecule has 54 valence electrons. The fourth-order valence-electron chi connectivity index (χ4n) is 0.608. The molecule has 0 unspecified atom stereocenters. The minimum Gasteiger partial charge on any atom is -0.392 e. The Morgan fingerprint density at radius 2 is 2.30 bits per heavy atom. The summed E-state index contributed by atoms with van der Waals surface area (Å²) >= 11 is 9.70. The molecule has 0 aliphatic heterocycles. The summed E-state index contributed by atoms with van der Waals surface area (Å²) in [4.78, 5) is 4.39. The van der Waals surface area contributed by atoms with Crippen LogP contribution in [-0.4, -0.2) is 10.1 Å². The van der Waals surface area contributed by atoms with Crippen LogP contribution in [0.5, 0.6) is 0 Å². The maximum atomic E-state index is 8.74. The Morgan fingerprint density at radius 3 is 2.70 bits per heavy atom. The molecule has 0 aliphatic carbocycles. The van der Waals surface area contributed by atoms with Crippen LogP contribution in [0.3, 0.4) is 0 Å². The molecule has 1 aromatic heterocycles. The van der Waals surface area contributed by atoms with Crippen LogP contribution in [0.15, 0.2) is 17.3 Å². The van der Waals surface area contributed by atoms with Gasteiger partial charge in [-0.25, -0.2) is 0 Å². The fraction of sp³-hybridized carbons (Fsp3) is 0.167. The number of halogens is 1. The van der Waals surface area contributed by atoms with Gasteiger partial charge in [-0.3, -0.25) is 4.98 Å². The van der Waals surface area contributed by atoms with Gasteiger partial charge in [0.2, 0.25) is 0 Å². The maximum Gasteiger partial charge on any atom is 0.0708 e. The van der Waals surface area contributed by atoms with Gasteiger partial charge in [-0.1, -0.05) is 11.6 Å². The summed E-state index contributed by atoms with van der Waals surface area (Å²) in [7, 11) is 0. The van der Waals surface area contributed by atoms with Gasteiger partial charge in [0.25, 0.3) is 0 Å². The standard InChI is InChI=1S/C6H6ClNOS/c7-5-1-8-2-6(10)4(5)3-9/h1-2,9-10H,3H2. The van der Waals surface area contributed by atoms with Gasteiger partial charge in [0, 0.05) is 22.9 Å². The number of pyridine rings is 1. The molecule has 0 saturated carbocycles. The van der Waals surface area contributed by atoms with Crippen molar-refractivity contribution >= 4 is 24.2 Å². The van der Waals surface area contributed by atoms with Crippen molar-refractivity contribution in [1.29, 1.82) is 0 Å². The first-order chi connectivity index (χ1) is 4.75. The van der Waals surface area contributed by atoms with Crippen LogP contribution in [0.2, 0.25) is 5.02 Å². The second-order valence-electron chi connectivity index (χ2n) is 1.78. The molecular weight excluding hydrogens is 170 g/mol. The van der Waals surface area contributed by atoms with E-state index in [1.807, 2.05) is 0 Å². The third-order valence-electron chi connectivity index (χ3n) is 1.14. The highest BCUT2D eigenvalue weighted by atomic mass is 35.5. The van der Waals surface area contributed by atoms with Crippen LogP contribution in [0, 0.1) is 0 Å². The van der Waals surface area contributed by atoms with E-state index < -0.39 is 0 Å². The van der Waals surface area contributed by atoms with E-state index in [-0.39, 0.29) is 6.61 Å². The van der Waals surface area contributed by atoms with Crippen molar-refractivity contribution in [3.8, 4) is 0 Å². The molecule has 0 radical (unpaired) electrons. The number of aromatic nitrogens is 1. The van der Waals surface area contributed by atoms with E-state index >= 15 is 0 Å². The van der Waals surface area contributed by atoms with E-state index in [0.29, 0.717) is 15.5 Å². The Kier molecular flexibility index (Phi) is 2.54. The predicted molar refractivity (Wildman–Crippen MR) is 42.4 cm³/mol. The summed E-state index contributed by atoms with van der Waals surface area (Å²) in [5.74, 6) is 0. The Balaban J connectivity index is 3.17. The van der Waals surface area contributed by atoms with Gasteiger partial charge in [0.15, 0.2) is 0 Å². The molecule has 0 amide bonds. The van der Waals surface area contributed by atoms with Crippen LogP contribution in [-0.2, 0) is 6.61 Å². The molecule has 2 nitrogen and oxygen atoms in total. The van der Waals surface area contributed by atoms with Gasteiger partial charge in [-0.15, -0.1) is 12.6 Å². The van der Waals surface area contributed by atoms with E-state index in [1.165, 1.54) is 6.20 Å². The number of aliphatic hydroxyl groups is 1. The highest BCUT2D eigenvalue weighted by Crippen LogP contribution is 2.20. The van der Waals surface area contributed by atoms with Crippen molar-refractivity contribution in [2.24, 2.45) is 0 Å². The molecular formula is C6H6ClNOS. The van der Waals surface area contributed by atoms with Gasteiger partial charge in [0.05, 0.1) is 11.6 Å². The lowest BCUT2D eigenvalue weighted by Gasteiger charge is -2.00. The Hall–Kier alpha value is -0.250. The van der Waals surface area contributed by atoms with Crippen molar-refractivity contribution in [1.82, 2.24) is 4.98 Å². The molecule has 1 N–H and O–H groups in total. The zero-order valence-corrected chi connectivity index (χ0v) is 6.73. The zero-order chi connectivity index (χ0) is 7.56. The lowest BCUT2D eigenvalue weighted by atomic mass is 10.3. The molecule has 0 bridgehead atoms. The Morgan fingerprint density at radius 1 is 1.60 bits per heavy atom. The van der Waals surface area contributed by atoms with Crippen LogP contribution >= 0.6 is 24.2 Å². The van der Waals surface area contributed by atoms with Gasteiger partial charge in [-0.2, -0.15) is 0 Å². The molecule has 4 heteroatoms. The first kappa shape index (κ1) is 7.85. The van der Waals surface area contributed by atoms with Gasteiger partial charge in [-0.05, 0) is 0 Å². The highest BCUT2D eigenvalue weighted by molar-refractivity contribution is 7.80. The summed E-state index contributed by atoms with van der Waals surface area (Å²) in [6, 6.07) is 0. The summed E-state index contributed by atoms with van der Waals surface area (Å²) in [5, 5.41) is 9.19. The van der Waals surface area contributed by atoms with Crippen molar-refractivity contribution in [3.05, 3.63) is 23.0 Å². The highest BCUT2D eigenvalue weighted by Gasteiger charge is 2.01. The van der Waals surface area contributed by atoms with Crippen LogP contribution in [0.1, 0.15) is 5.56 Å². The number of hydrogen-bond donors (Lipinski definition) is 2. The fourth-order valence-corrected chi connectivity index (χ4v) is 1.15. The molecule has 0 fully saturated rings. The summed E-state index contributed by atoms with van der Waals surface area (Å²) in [6.07, 6.45) is 3.02. The topological polar surface area (TPSA) is 33.1 Å². The van der Waals surface area contributed by atoms with Crippen molar-refractivity contribution in [3.63, 3.8) is 0 Å². The second kappa shape index (κ2) is 3.23. The van der Waals surface area contributed by atoms with Crippen LogP contribution in [0.4, 0.5) is 0 Å². The first-order valence-corrected chi connectivity index (χ1v) is 3.50. The van der Waals surface area contributed by atoms with Crippen LogP contribution in [0.25, 0.3) is 0 Å². The minimum atomic E-state index is -0.0970. The third-order valence-corrected chi connectivity index (χ3v) is 1.85. The van der Waals surface area contributed by atoms with Crippen molar-refractivity contribution in [2.45, 2.75) is 11.5 Å². The predicted octanol–water partition coefficient (Wildman–Crippen LogP) is 1.52. The van der Waals surface area contributed by atoms with E-state index in [9.17, 15) is 0 Å². The largest absolute Gasteiger partial charge is 0.392 e. The molecule has 1 aromatic rings. The number of rotatable bonds is 1. The van der Waals surface area contributed by atoms with E-state index in [2.05, 4.69) is 17.6 Å². The summed E-state index contributed by atoms with van der Waals surface area (Å²) < 4.78 is 0.